The lowest BCUT2D eigenvalue weighted by Gasteiger charge is -2.09. The second kappa shape index (κ2) is 7.85. The van der Waals surface area contributed by atoms with E-state index in [1.807, 2.05) is 0 Å². The van der Waals surface area contributed by atoms with Crippen molar-refractivity contribution in [2.24, 2.45) is 5.92 Å². The van der Waals surface area contributed by atoms with E-state index >= 15 is 0 Å². The Morgan fingerprint density at radius 3 is 2.53 bits per heavy atom. The van der Waals surface area contributed by atoms with E-state index < -0.39 is 0 Å². The Morgan fingerprint density at radius 2 is 1.88 bits per heavy atom. The molecule has 3 heteroatoms. The summed E-state index contributed by atoms with van der Waals surface area (Å²) in [5.41, 5.74) is 2.61. The maximum absolute atomic E-state index is 3.59. The summed E-state index contributed by atoms with van der Waals surface area (Å²) in [5, 5.41) is 6.86. The third-order valence-electron chi connectivity index (χ3n) is 2.56. The predicted octanol–water partition coefficient (Wildman–Crippen LogP) is 3.09. The normalized spacial score (nSPS) is 11.1. The molecule has 17 heavy (non-hydrogen) atoms. The van der Waals surface area contributed by atoms with E-state index in [0.29, 0.717) is 0 Å². The van der Waals surface area contributed by atoms with E-state index in [4.69, 9.17) is 0 Å². The summed E-state index contributed by atoms with van der Waals surface area (Å²) in [4.78, 5) is 0. The first kappa shape index (κ1) is 14.7. The standard InChI is InChI=1S/C14H23BrN2/c1-11(2)9-16-6-7-17-10-13-5-4-12(3)8-14(13)15/h4-5,8,11,16-17H,6-7,9-10H2,1-3H3. The van der Waals surface area contributed by atoms with Gasteiger partial charge in [0.1, 0.15) is 0 Å². The van der Waals surface area contributed by atoms with Crippen LogP contribution >= 0.6 is 15.9 Å². The fourth-order valence-corrected chi connectivity index (χ4v) is 2.22. The van der Waals surface area contributed by atoms with E-state index in [1.165, 1.54) is 15.6 Å². The van der Waals surface area contributed by atoms with Gasteiger partial charge in [-0.1, -0.05) is 41.9 Å². The van der Waals surface area contributed by atoms with Gasteiger partial charge >= 0.3 is 0 Å². The van der Waals surface area contributed by atoms with Crippen molar-refractivity contribution in [3.63, 3.8) is 0 Å². The highest BCUT2D eigenvalue weighted by Crippen LogP contribution is 2.17. The van der Waals surface area contributed by atoms with Gasteiger partial charge in [0.05, 0.1) is 0 Å². The minimum absolute atomic E-state index is 0.723. The summed E-state index contributed by atoms with van der Waals surface area (Å²) in [5.74, 6) is 0.723. The molecule has 0 saturated carbocycles. The Balaban J connectivity index is 2.18. The molecule has 0 aliphatic heterocycles. The summed E-state index contributed by atoms with van der Waals surface area (Å²) in [6.45, 7) is 10.6. The number of halogens is 1. The quantitative estimate of drug-likeness (QED) is 0.756. The predicted molar refractivity (Wildman–Crippen MR) is 78.3 cm³/mol. The van der Waals surface area contributed by atoms with Crippen LogP contribution in [0.1, 0.15) is 25.0 Å². The van der Waals surface area contributed by atoms with Gasteiger partial charge in [-0.15, -0.1) is 0 Å². The van der Waals surface area contributed by atoms with Gasteiger partial charge in [-0.05, 0) is 36.6 Å². The van der Waals surface area contributed by atoms with Crippen LogP contribution in [0.2, 0.25) is 0 Å². The van der Waals surface area contributed by atoms with Gasteiger partial charge in [0.25, 0.3) is 0 Å². The van der Waals surface area contributed by atoms with Gasteiger partial charge < -0.3 is 10.6 Å². The number of hydrogen-bond donors (Lipinski definition) is 2. The molecule has 0 radical (unpaired) electrons. The van der Waals surface area contributed by atoms with Crippen molar-refractivity contribution in [2.45, 2.75) is 27.3 Å². The molecule has 0 saturated heterocycles. The molecule has 0 unspecified atom stereocenters. The van der Waals surface area contributed by atoms with Gasteiger partial charge in [-0.2, -0.15) is 0 Å². The van der Waals surface area contributed by atoms with Crippen LogP contribution in [0.4, 0.5) is 0 Å². The van der Waals surface area contributed by atoms with Crippen LogP contribution in [0.15, 0.2) is 22.7 Å². The summed E-state index contributed by atoms with van der Waals surface area (Å²) >= 11 is 3.59. The third-order valence-corrected chi connectivity index (χ3v) is 3.29. The lowest BCUT2D eigenvalue weighted by atomic mass is 10.1. The minimum Gasteiger partial charge on any atom is -0.315 e. The molecule has 2 nitrogen and oxygen atoms in total. The zero-order valence-electron chi connectivity index (χ0n) is 11.0. The minimum atomic E-state index is 0.723. The maximum atomic E-state index is 3.59. The Hall–Kier alpha value is -0.380. The summed E-state index contributed by atoms with van der Waals surface area (Å²) in [6, 6.07) is 6.49. The number of rotatable bonds is 7. The summed E-state index contributed by atoms with van der Waals surface area (Å²) < 4.78 is 1.19. The molecular formula is C14H23BrN2. The van der Waals surface area contributed by atoms with E-state index in [9.17, 15) is 0 Å². The monoisotopic (exact) mass is 298 g/mol. The van der Waals surface area contributed by atoms with Crippen LogP contribution in [0, 0.1) is 12.8 Å². The van der Waals surface area contributed by atoms with Gasteiger partial charge in [-0.25, -0.2) is 0 Å². The molecule has 1 aromatic carbocycles. The van der Waals surface area contributed by atoms with Crippen molar-refractivity contribution >= 4 is 15.9 Å². The first-order chi connectivity index (χ1) is 8.09. The number of benzene rings is 1. The van der Waals surface area contributed by atoms with Crippen molar-refractivity contribution in [3.05, 3.63) is 33.8 Å². The highest BCUT2D eigenvalue weighted by atomic mass is 79.9. The van der Waals surface area contributed by atoms with Crippen molar-refractivity contribution in [2.75, 3.05) is 19.6 Å². The largest absolute Gasteiger partial charge is 0.315 e. The second-order valence-corrected chi connectivity index (χ2v) is 5.72. The zero-order chi connectivity index (χ0) is 12.7. The molecule has 0 spiro atoms. The first-order valence-corrected chi connectivity index (χ1v) is 7.05. The van der Waals surface area contributed by atoms with Gasteiger partial charge in [0, 0.05) is 24.1 Å². The summed E-state index contributed by atoms with van der Waals surface area (Å²) in [7, 11) is 0. The molecule has 0 atom stereocenters. The topological polar surface area (TPSA) is 24.1 Å². The average molecular weight is 299 g/mol. The van der Waals surface area contributed by atoms with Crippen molar-refractivity contribution < 1.29 is 0 Å². The summed E-state index contributed by atoms with van der Waals surface area (Å²) in [6.07, 6.45) is 0. The number of hydrogen-bond acceptors (Lipinski definition) is 2. The van der Waals surface area contributed by atoms with E-state index in [2.05, 4.69) is 65.5 Å². The molecule has 1 rings (SSSR count). The zero-order valence-corrected chi connectivity index (χ0v) is 12.6. The molecule has 0 heterocycles. The molecule has 2 N–H and O–H groups in total. The molecule has 1 aromatic rings. The van der Waals surface area contributed by atoms with Crippen LogP contribution in [0.5, 0.6) is 0 Å². The Labute approximate surface area is 113 Å². The fraction of sp³-hybridized carbons (Fsp3) is 0.571. The Morgan fingerprint density at radius 1 is 1.18 bits per heavy atom. The average Bonchev–Trinajstić information content (AvgIpc) is 2.25. The van der Waals surface area contributed by atoms with Crippen molar-refractivity contribution in [1.82, 2.24) is 10.6 Å². The first-order valence-electron chi connectivity index (χ1n) is 6.26. The van der Waals surface area contributed by atoms with Gasteiger partial charge in [0.15, 0.2) is 0 Å². The smallest absolute Gasteiger partial charge is 0.0222 e. The van der Waals surface area contributed by atoms with Gasteiger partial charge in [0.2, 0.25) is 0 Å². The molecule has 0 fully saturated rings. The number of nitrogens with one attached hydrogen (secondary N) is 2. The molecule has 0 aliphatic carbocycles. The third kappa shape index (κ3) is 6.20. The SMILES string of the molecule is Cc1ccc(CNCCNCC(C)C)c(Br)c1. The maximum Gasteiger partial charge on any atom is 0.0222 e. The fourth-order valence-electron chi connectivity index (χ4n) is 1.59. The van der Waals surface area contributed by atoms with Crippen LogP contribution in [-0.4, -0.2) is 19.6 Å². The molecule has 0 bridgehead atoms. The highest BCUT2D eigenvalue weighted by molar-refractivity contribution is 9.10. The van der Waals surface area contributed by atoms with Crippen LogP contribution in [0.3, 0.4) is 0 Å². The van der Waals surface area contributed by atoms with E-state index in [1.54, 1.807) is 0 Å². The van der Waals surface area contributed by atoms with Crippen LogP contribution in [-0.2, 0) is 6.54 Å². The molecular weight excluding hydrogens is 276 g/mol. The van der Waals surface area contributed by atoms with Crippen molar-refractivity contribution in [3.8, 4) is 0 Å². The molecule has 0 aromatic heterocycles. The second-order valence-electron chi connectivity index (χ2n) is 4.87. The van der Waals surface area contributed by atoms with Crippen LogP contribution in [0.25, 0.3) is 0 Å². The Kier molecular flexibility index (Phi) is 6.78. The number of aryl methyl sites for hydroxylation is 1. The van der Waals surface area contributed by atoms with Crippen molar-refractivity contribution in [1.29, 1.82) is 0 Å². The lowest BCUT2D eigenvalue weighted by Crippen LogP contribution is -2.29. The molecule has 96 valence electrons. The van der Waals surface area contributed by atoms with E-state index in [-0.39, 0.29) is 0 Å². The molecule has 0 amide bonds. The van der Waals surface area contributed by atoms with E-state index in [0.717, 1.165) is 32.1 Å². The van der Waals surface area contributed by atoms with Crippen LogP contribution < -0.4 is 10.6 Å². The Bertz CT molecular complexity index is 337. The highest BCUT2D eigenvalue weighted by Gasteiger charge is 1.99. The van der Waals surface area contributed by atoms with Gasteiger partial charge in [-0.3, -0.25) is 0 Å². The lowest BCUT2D eigenvalue weighted by molar-refractivity contribution is 0.535. The molecule has 0 aliphatic rings.